The highest BCUT2D eigenvalue weighted by Crippen LogP contribution is 2.18. The summed E-state index contributed by atoms with van der Waals surface area (Å²) in [6.45, 7) is 0.726. The van der Waals surface area contributed by atoms with Gasteiger partial charge < -0.3 is 15.0 Å². The van der Waals surface area contributed by atoms with Gasteiger partial charge in [-0.25, -0.2) is 4.98 Å². The first-order valence-corrected chi connectivity index (χ1v) is 6.53. The van der Waals surface area contributed by atoms with Gasteiger partial charge >= 0.3 is 0 Å². The van der Waals surface area contributed by atoms with Gasteiger partial charge in [0, 0.05) is 18.8 Å². The molecule has 0 amide bonds. The van der Waals surface area contributed by atoms with E-state index in [1.54, 1.807) is 19.4 Å². The van der Waals surface area contributed by atoms with Crippen LogP contribution < -0.4 is 10.1 Å². The number of methoxy groups -OCH3 is 1. The molecule has 5 nitrogen and oxygen atoms in total. The molecule has 0 saturated carbocycles. The number of anilines is 1. The molecular weight excluding hydrogens is 252 g/mol. The Hall–Kier alpha value is -2.14. The van der Waals surface area contributed by atoms with Gasteiger partial charge in [-0.1, -0.05) is 30.3 Å². The summed E-state index contributed by atoms with van der Waals surface area (Å²) in [5.74, 6) is 1.13. The molecule has 0 spiro atoms. The molecule has 106 valence electrons. The van der Waals surface area contributed by atoms with Crippen molar-refractivity contribution in [2.45, 2.75) is 6.04 Å². The Morgan fingerprint density at radius 3 is 2.60 bits per heavy atom. The van der Waals surface area contributed by atoms with Crippen molar-refractivity contribution in [3.8, 4) is 5.88 Å². The molecule has 2 aromatic rings. The summed E-state index contributed by atoms with van der Waals surface area (Å²) in [5, 5.41) is 3.26. The molecule has 0 radical (unpaired) electrons. The van der Waals surface area contributed by atoms with Gasteiger partial charge in [0.15, 0.2) is 0 Å². The van der Waals surface area contributed by atoms with Crippen LogP contribution >= 0.6 is 0 Å². The van der Waals surface area contributed by atoms with Gasteiger partial charge in [-0.3, -0.25) is 0 Å². The predicted molar refractivity (Wildman–Crippen MR) is 79.9 cm³/mol. The largest absolute Gasteiger partial charge is 0.481 e. The van der Waals surface area contributed by atoms with Gasteiger partial charge in [0.1, 0.15) is 0 Å². The first-order valence-electron chi connectivity index (χ1n) is 6.53. The zero-order valence-electron chi connectivity index (χ0n) is 12.1. The monoisotopic (exact) mass is 272 g/mol. The Labute approximate surface area is 119 Å². The maximum atomic E-state index is 5.09. The minimum absolute atomic E-state index is 0.256. The summed E-state index contributed by atoms with van der Waals surface area (Å²) < 4.78 is 5.09. The maximum absolute atomic E-state index is 5.09. The molecule has 0 aliphatic carbocycles. The van der Waals surface area contributed by atoms with E-state index >= 15 is 0 Å². The molecule has 1 aromatic carbocycles. The molecule has 1 aromatic heterocycles. The first-order chi connectivity index (χ1) is 9.70. The minimum Gasteiger partial charge on any atom is -0.481 e. The van der Waals surface area contributed by atoms with E-state index in [9.17, 15) is 0 Å². The summed E-state index contributed by atoms with van der Waals surface area (Å²) in [7, 11) is 5.72. The van der Waals surface area contributed by atoms with E-state index in [4.69, 9.17) is 4.74 Å². The van der Waals surface area contributed by atoms with Crippen molar-refractivity contribution in [2.24, 2.45) is 0 Å². The molecule has 1 N–H and O–H groups in total. The van der Waals surface area contributed by atoms with Crippen LogP contribution in [0.5, 0.6) is 5.88 Å². The Kier molecular flexibility index (Phi) is 4.90. The van der Waals surface area contributed by atoms with Gasteiger partial charge in [0.05, 0.1) is 13.2 Å². The fourth-order valence-electron chi connectivity index (χ4n) is 2.00. The fraction of sp³-hybridized carbons (Fsp3) is 0.333. The normalized spacial score (nSPS) is 12.2. The van der Waals surface area contributed by atoms with E-state index in [1.807, 2.05) is 18.2 Å². The van der Waals surface area contributed by atoms with Crippen molar-refractivity contribution >= 4 is 5.95 Å². The first kappa shape index (κ1) is 14.3. The van der Waals surface area contributed by atoms with Crippen molar-refractivity contribution in [3.05, 3.63) is 48.2 Å². The van der Waals surface area contributed by atoms with Crippen molar-refractivity contribution in [1.29, 1.82) is 0 Å². The highest BCUT2D eigenvalue weighted by atomic mass is 16.5. The number of rotatable bonds is 6. The summed E-state index contributed by atoms with van der Waals surface area (Å²) >= 11 is 0. The lowest BCUT2D eigenvalue weighted by Gasteiger charge is -2.25. The van der Waals surface area contributed by atoms with E-state index in [-0.39, 0.29) is 6.04 Å². The van der Waals surface area contributed by atoms with Crippen molar-refractivity contribution in [2.75, 3.05) is 33.1 Å². The third kappa shape index (κ3) is 3.68. The van der Waals surface area contributed by atoms with Gasteiger partial charge in [-0.05, 0) is 19.7 Å². The Morgan fingerprint density at radius 2 is 1.95 bits per heavy atom. The third-order valence-corrected chi connectivity index (χ3v) is 3.10. The lowest BCUT2D eigenvalue weighted by atomic mass is 10.1. The molecule has 5 heteroatoms. The van der Waals surface area contributed by atoms with Crippen molar-refractivity contribution < 1.29 is 4.74 Å². The van der Waals surface area contributed by atoms with Crippen LogP contribution in [0.25, 0.3) is 0 Å². The molecule has 0 fully saturated rings. The van der Waals surface area contributed by atoms with E-state index in [1.165, 1.54) is 5.56 Å². The van der Waals surface area contributed by atoms with E-state index < -0.39 is 0 Å². The second kappa shape index (κ2) is 6.86. The van der Waals surface area contributed by atoms with Crippen LogP contribution in [-0.4, -0.2) is 42.6 Å². The van der Waals surface area contributed by atoms with Gasteiger partial charge in [0.2, 0.25) is 11.8 Å². The molecular formula is C15H20N4O. The number of likely N-dealkylation sites (N-methyl/N-ethyl adjacent to an activating group) is 1. The maximum Gasteiger partial charge on any atom is 0.226 e. The highest BCUT2D eigenvalue weighted by Gasteiger charge is 2.14. The number of benzene rings is 1. The van der Waals surface area contributed by atoms with Crippen LogP contribution in [0.15, 0.2) is 42.6 Å². The van der Waals surface area contributed by atoms with Crippen molar-refractivity contribution in [3.63, 3.8) is 0 Å². The Bertz CT molecular complexity index is 530. The van der Waals surface area contributed by atoms with Crippen molar-refractivity contribution in [1.82, 2.24) is 14.9 Å². The molecule has 1 atom stereocenters. The molecule has 2 rings (SSSR count). The van der Waals surface area contributed by atoms with Crippen LogP contribution in [0.2, 0.25) is 0 Å². The summed E-state index contributed by atoms with van der Waals surface area (Å²) in [4.78, 5) is 10.6. The Morgan fingerprint density at radius 1 is 1.20 bits per heavy atom. The van der Waals surface area contributed by atoms with Crippen LogP contribution in [-0.2, 0) is 0 Å². The number of nitrogens with zero attached hydrogens (tertiary/aromatic N) is 3. The number of ether oxygens (including phenoxy) is 1. The Balaban J connectivity index is 2.06. The number of hydrogen-bond acceptors (Lipinski definition) is 5. The topological polar surface area (TPSA) is 50.3 Å². The highest BCUT2D eigenvalue weighted by molar-refractivity contribution is 5.29. The average Bonchev–Trinajstić information content (AvgIpc) is 2.48. The molecule has 1 heterocycles. The number of aromatic nitrogens is 2. The predicted octanol–water partition coefficient (Wildman–Crippen LogP) is 2.20. The van der Waals surface area contributed by atoms with E-state index in [0.717, 1.165) is 6.54 Å². The van der Waals surface area contributed by atoms with Crippen LogP contribution in [0.4, 0.5) is 5.95 Å². The second-order valence-electron chi connectivity index (χ2n) is 4.69. The molecule has 0 aliphatic rings. The summed E-state index contributed by atoms with van der Waals surface area (Å²) in [6.07, 6.45) is 1.68. The van der Waals surface area contributed by atoms with E-state index in [2.05, 4.69) is 46.4 Å². The SMILES string of the molecule is COc1ccnc(NC[C@H](c2ccccc2)N(C)C)n1. The molecule has 0 aliphatic heterocycles. The lowest BCUT2D eigenvalue weighted by Crippen LogP contribution is -2.27. The van der Waals surface area contributed by atoms with Gasteiger partial charge in [0.25, 0.3) is 0 Å². The smallest absolute Gasteiger partial charge is 0.226 e. The second-order valence-corrected chi connectivity index (χ2v) is 4.69. The van der Waals surface area contributed by atoms with Crippen LogP contribution in [0, 0.1) is 0 Å². The average molecular weight is 272 g/mol. The van der Waals surface area contributed by atoms with Crippen LogP contribution in [0.3, 0.4) is 0 Å². The fourth-order valence-corrected chi connectivity index (χ4v) is 2.00. The third-order valence-electron chi connectivity index (χ3n) is 3.10. The molecule has 0 bridgehead atoms. The zero-order chi connectivity index (χ0) is 14.4. The summed E-state index contributed by atoms with van der Waals surface area (Å²) in [6, 6.07) is 12.4. The minimum atomic E-state index is 0.256. The van der Waals surface area contributed by atoms with E-state index in [0.29, 0.717) is 11.8 Å². The quantitative estimate of drug-likeness (QED) is 0.873. The standard InChI is InChI=1S/C15H20N4O/c1-19(2)13(12-7-5-4-6-8-12)11-17-15-16-10-9-14(18-15)20-3/h4-10,13H,11H2,1-3H3,(H,16,17,18)/t13-/m1/s1. The molecule has 0 unspecified atom stereocenters. The molecule has 0 saturated heterocycles. The van der Waals surface area contributed by atoms with Crippen LogP contribution in [0.1, 0.15) is 11.6 Å². The number of hydrogen-bond donors (Lipinski definition) is 1. The molecule has 20 heavy (non-hydrogen) atoms. The van der Waals surface area contributed by atoms with Gasteiger partial charge in [-0.2, -0.15) is 4.98 Å². The summed E-state index contributed by atoms with van der Waals surface area (Å²) in [5.41, 5.74) is 1.26. The van der Waals surface area contributed by atoms with Gasteiger partial charge in [-0.15, -0.1) is 0 Å². The zero-order valence-corrected chi connectivity index (χ0v) is 12.1. The number of nitrogens with one attached hydrogen (secondary N) is 1. The lowest BCUT2D eigenvalue weighted by molar-refractivity contribution is 0.311.